The van der Waals surface area contributed by atoms with Crippen molar-refractivity contribution < 1.29 is 10.2 Å². The number of hydrogen-bond donors (Lipinski definition) is 3. The summed E-state index contributed by atoms with van der Waals surface area (Å²) in [5.41, 5.74) is 1.80. The highest BCUT2D eigenvalue weighted by atomic mass is 16.3. The third-order valence-corrected chi connectivity index (χ3v) is 2.49. The van der Waals surface area contributed by atoms with Crippen molar-refractivity contribution in [1.29, 1.82) is 0 Å². The Hall–Kier alpha value is -2.07. The first-order valence-electron chi connectivity index (χ1n) is 5.37. The van der Waals surface area contributed by atoms with Crippen LogP contribution in [0.1, 0.15) is 11.1 Å². The van der Waals surface area contributed by atoms with Gasteiger partial charge in [0.1, 0.15) is 0 Å². The van der Waals surface area contributed by atoms with Crippen LogP contribution < -0.4 is 5.32 Å². The van der Waals surface area contributed by atoms with Crippen LogP contribution in [0.3, 0.4) is 0 Å². The molecule has 2 aromatic rings. The lowest BCUT2D eigenvalue weighted by Crippen LogP contribution is -2.12. The molecule has 4 heteroatoms. The van der Waals surface area contributed by atoms with E-state index in [2.05, 4.69) is 10.3 Å². The Morgan fingerprint density at radius 1 is 1.00 bits per heavy atom. The van der Waals surface area contributed by atoms with Crippen LogP contribution in [0.15, 0.2) is 42.7 Å². The maximum atomic E-state index is 9.59. The molecule has 0 unspecified atom stereocenters. The van der Waals surface area contributed by atoms with E-state index >= 15 is 0 Å². The van der Waals surface area contributed by atoms with Gasteiger partial charge in [-0.25, -0.2) is 0 Å². The Bertz CT molecular complexity index is 486. The molecule has 0 spiro atoms. The van der Waals surface area contributed by atoms with Gasteiger partial charge >= 0.3 is 0 Å². The van der Waals surface area contributed by atoms with Crippen LogP contribution in [0.5, 0.6) is 11.5 Å². The number of para-hydroxylation sites is 1. The summed E-state index contributed by atoms with van der Waals surface area (Å²) in [6.07, 6.45) is 3.48. The zero-order valence-corrected chi connectivity index (χ0v) is 9.30. The molecule has 0 saturated heterocycles. The van der Waals surface area contributed by atoms with E-state index in [1.165, 1.54) is 6.07 Å². The van der Waals surface area contributed by atoms with E-state index in [4.69, 9.17) is 0 Å². The predicted octanol–water partition coefficient (Wildman–Crippen LogP) is 1.78. The van der Waals surface area contributed by atoms with Gasteiger partial charge in [-0.1, -0.05) is 12.1 Å². The summed E-state index contributed by atoms with van der Waals surface area (Å²) in [6, 6.07) is 8.79. The largest absolute Gasteiger partial charge is 0.504 e. The van der Waals surface area contributed by atoms with Crippen molar-refractivity contribution in [3.63, 3.8) is 0 Å². The van der Waals surface area contributed by atoms with Gasteiger partial charge in [0.2, 0.25) is 0 Å². The summed E-state index contributed by atoms with van der Waals surface area (Å²) in [5, 5.41) is 22.1. The number of aromatic hydroxyl groups is 2. The first-order chi connectivity index (χ1) is 8.27. The van der Waals surface area contributed by atoms with Gasteiger partial charge < -0.3 is 15.5 Å². The standard InChI is InChI=1S/C13H14N2O2/c16-12-3-1-2-11(13(12)17)9-15-8-10-4-6-14-7-5-10/h1-7,15-17H,8-9H2. The smallest absolute Gasteiger partial charge is 0.161 e. The Balaban J connectivity index is 1.93. The van der Waals surface area contributed by atoms with Crippen LogP contribution in [0.2, 0.25) is 0 Å². The average molecular weight is 230 g/mol. The summed E-state index contributed by atoms with van der Waals surface area (Å²) in [6.45, 7) is 1.19. The number of rotatable bonds is 4. The summed E-state index contributed by atoms with van der Waals surface area (Å²) >= 11 is 0. The molecule has 17 heavy (non-hydrogen) atoms. The molecule has 0 bridgehead atoms. The number of pyridine rings is 1. The zero-order chi connectivity index (χ0) is 12.1. The number of phenols is 2. The maximum absolute atomic E-state index is 9.59. The lowest BCUT2D eigenvalue weighted by molar-refractivity contribution is 0.397. The fraction of sp³-hybridized carbons (Fsp3) is 0.154. The molecule has 2 rings (SSSR count). The first kappa shape index (κ1) is 11.4. The molecule has 0 saturated carbocycles. The normalized spacial score (nSPS) is 10.4. The van der Waals surface area contributed by atoms with E-state index in [9.17, 15) is 10.2 Å². The SMILES string of the molecule is Oc1cccc(CNCc2ccncc2)c1O. The summed E-state index contributed by atoms with van der Waals surface area (Å²) in [5.74, 6) is -0.150. The van der Waals surface area contributed by atoms with Crippen LogP contribution in [0, 0.1) is 0 Å². The Labute approximate surface area is 99.6 Å². The van der Waals surface area contributed by atoms with Gasteiger partial charge in [-0.3, -0.25) is 4.98 Å². The molecule has 0 aliphatic carbocycles. The summed E-state index contributed by atoms with van der Waals surface area (Å²) < 4.78 is 0. The van der Waals surface area contributed by atoms with Crippen molar-refractivity contribution in [2.24, 2.45) is 0 Å². The number of aromatic nitrogens is 1. The Kier molecular flexibility index (Phi) is 3.57. The highest BCUT2D eigenvalue weighted by Gasteiger charge is 2.04. The highest BCUT2D eigenvalue weighted by Crippen LogP contribution is 2.27. The molecule has 0 atom stereocenters. The highest BCUT2D eigenvalue weighted by molar-refractivity contribution is 5.44. The van der Waals surface area contributed by atoms with Crippen LogP contribution in [0.4, 0.5) is 0 Å². The second-order valence-electron chi connectivity index (χ2n) is 3.74. The fourth-order valence-corrected chi connectivity index (χ4v) is 1.56. The molecule has 0 amide bonds. The van der Waals surface area contributed by atoms with Gasteiger partial charge in [0.25, 0.3) is 0 Å². The maximum Gasteiger partial charge on any atom is 0.161 e. The van der Waals surface area contributed by atoms with Gasteiger partial charge in [0, 0.05) is 31.0 Å². The molecular weight excluding hydrogens is 216 g/mol. The molecule has 88 valence electrons. The molecule has 0 aliphatic rings. The molecule has 1 heterocycles. The van der Waals surface area contributed by atoms with Gasteiger partial charge in [0.15, 0.2) is 11.5 Å². The van der Waals surface area contributed by atoms with Crippen LogP contribution in [0.25, 0.3) is 0 Å². The fourth-order valence-electron chi connectivity index (χ4n) is 1.56. The minimum absolute atomic E-state index is 0.0604. The van der Waals surface area contributed by atoms with Crippen molar-refractivity contribution in [2.45, 2.75) is 13.1 Å². The van der Waals surface area contributed by atoms with Crippen LogP contribution >= 0.6 is 0 Å². The minimum atomic E-state index is -0.0896. The minimum Gasteiger partial charge on any atom is -0.504 e. The van der Waals surface area contributed by atoms with Crippen molar-refractivity contribution in [3.8, 4) is 11.5 Å². The number of hydrogen-bond acceptors (Lipinski definition) is 4. The number of nitrogens with one attached hydrogen (secondary N) is 1. The van der Waals surface area contributed by atoms with Gasteiger partial charge in [-0.2, -0.15) is 0 Å². The molecular formula is C13H14N2O2. The summed E-state index contributed by atoms with van der Waals surface area (Å²) in [4.78, 5) is 3.94. The van der Waals surface area contributed by atoms with Crippen LogP contribution in [-0.2, 0) is 13.1 Å². The van der Waals surface area contributed by atoms with Crippen molar-refractivity contribution in [1.82, 2.24) is 10.3 Å². The predicted molar refractivity (Wildman–Crippen MR) is 64.6 cm³/mol. The topological polar surface area (TPSA) is 65.4 Å². The van der Waals surface area contributed by atoms with E-state index in [0.29, 0.717) is 18.7 Å². The van der Waals surface area contributed by atoms with E-state index in [1.807, 2.05) is 12.1 Å². The molecule has 3 N–H and O–H groups in total. The average Bonchev–Trinajstić information content (AvgIpc) is 2.36. The van der Waals surface area contributed by atoms with Crippen molar-refractivity contribution in [2.75, 3.05) is 0 Å². The number of benzene rings is 1. The number of nitrogens with zero attached hydrogens (tertiary/aromatic N) is 1. The van der Waals surface area contributed by atoms with E-state index < -0.39 is 0 Å². The molecule has 0 radical (unpaired) electrons. The monoisotopic (exact) mass is 230 g/mol. The Morgan fingerprint density at radius 2 is 1.76 bits per heavy atom. The van der Waals surface area contributed by atoms with Crippen LogP contribution in [-0.4, -0.2) is 15.2 Å². The molecule has 1 aromatic heterocycles. The van der Waals surface area contributed by atoms with Gasteiger partial charge in [-0.15, -0.1) is 0 Å². The first-order valence-corrected chi connectivity index (χ1v) is 5.37. The summed E-state index contributed by atoms with van der Waals surface area (Å²) in [7, 11) is 0. The van der Waals surface area contributed by atoms with Crippen molar-refractivity contribution in [3.05, 3.63) is 53.9 Å². The lowest BCUT2D eigenvalue weighted by atomic mass is 10.2. The zero-order valence-electron chi connectivity index (χ0n) is 9.30. The van der Waals surface area contributed by atoms with Crippen molar-refractivity contribution >= 4 is 0 Å². The van der Waals surface area contributed by atoms with E-state index in [-0.39, 0.29) is 11.5 Å². The Morgan fingerprint density at radius 3 is 2.53 bits per heavy atom. The van der Waals surface area contributed by atoms with E-state index in [0.717, 1.165) is 5.56 Å². The second kappa shape index (κ2) is 5.32. The molecule has 1 aromatic carbocycles. The molecule has 0 fully saturated rings. The molecule has 0 aliphatic heterocycles. The quantitative estimate of drug-likeness (QED) is 0.700. The van der Waals surface area contributed by atoms with E-state index in [1.54, 1.807) is 24.5 Å². The second-order valence-corrected chi connectivity index (χ2v) is 3.74. The lowest BCUT2D eigenvalue weighted by Gasteiger charge is -2.07. The van der Waals surface area contributed by atoms with Gasteiger partial charge in [-0.05, 0) is 23.8 Å². The molecule has 4 nitrogen and oxygen atoms in total. The number of phenolic OH excluding ortho intramolecular Hbond substituents is 2. The third kappa shape index (κ3) is 2.95. The third-order valence-electron chi connectivity index (χ3n) is 2.49. The van der Waals surface area contributed by atoms with Gasteiger partial charge in [0.05, 0.1) is 0 Å².